The average molecular weight is 331 g/mol. The van der Waals surface area contributed by atoms with E-state index < -0.39 is 0 Å². The maximum atomic E-state index is 12.9. The van der Waals surface area contributed by atoms with Crippen LogP contribution in [-0.2, 0) is 12.5 Å². The number of nitrogens with zero attached hydrogens (tertiary/aromatic N) is 5. The van der Waals surface area contributed by atoms with Gasteiger partial charge in [-0.3, -0.25) is 14.3 Å². The van der Waals surface area contributed by atoms with Gasteiger partial charge in [0.25, 0.3) is 5.91 Å². The van der Waals surface area contributed by atoms with Crippen molar-refractivity contribution in [3.8, 4) is 0 Å². The first kappa shape index (κ1) is 16.2. The van der Waals surface area contributed by atoms with Crippen LogP contribution in [0.2, 0.25) is 0 Å². The number of aryl methyl sites for hydroxylation is 1. The minimum atomic E-state index is -0.364. The third-order valence-corrected chi connectivity index (χ3v) is 4.02. The molecule has 2 aromatic heterocycles. The van der Waals surface area contributed by atoms with E-state index in [1.165, 1.54) is 22.3 Å². The van der Waals surface area contributed by atoms with E-state index in [9.17, 15) is 9.59 Å². The topological polar surface area (TPSA) is 84.5 Å². The molecule has 0 aromatic carbocycles. The van der Waals surface area contributed by atoms with Crippen molar-refractivity contribution < 1.29 is 14.1 Å². The van der Waals surface area contributed by atoms with Gasteiger partial charge < -0.3 is 4.52 Å². The summed E-state index contributed by atoms with van der Waals surface area (Å²) < 4.78 is 6.49. The van der Waals surface area contributed by atoms with Crippen LogP contribution in [0.25, 0.3) is 0 Å². The number of hydrogen-bond acceptors (Lipinski definition) is 5. The van der Waals surface area contributed by atoms with Gasteiger partial charge in [0.05, 0.1) is 11.9 Å². The van der Waals surface area contributed by atoms with Crippen molar-refractivity contribution in [3.63, 3.8) is 0 Å². The summed E-state index contributed by atoms with van der Waals surface area (Å²) in [5.41, 5.74) is 1.13. The number of amides is 2. The Balaban J connectivity index is 1.86. The van der Waals surface area contributed by atoms with Crippen LogP contribution in [0.15, 0.2) is 22.9 Å². The zero-order valence-electron chi connectivity index (χ0n) is 14.3. The molecule has 1 saturated heterocycles. The van der Waals surface area contributed by atoms with E-state index in [0.717, 1.165) is 12.1 Å². The Kier molecular flexibility index (Phi) is 3.90. The van der Waals surface area contributed by atoms with E-state index >= 15 is 0 Å². The van der Waals surface area contributed by atoms with E-state index in [1.807, 2.05) is 20.8 Å². The largest absolute Gasteiger partial charge is 0.351 e. The summed E-state index contributed by atoms with van der Waals surface area (Å²) in [5, 5.41) is 10.8. The van der Waals surface area contributed by atoms with E-state index in [2.05, 4.69) is 10.3 Å². The molecule has 1 aliphatic rings. The highest BCUT2D eigenvalue weighted by Gasteiger charge is 2.35. The van der Waals surface area contributed by atoms with Crippen molar-refractivity contribution in [3.05, 3.63) is 35.5 Å². The molecule has 0 saturated carbocycles. The summed E-state index contributed by atoms with van der Waals surface area (Å²) in [7, 11) is 1.74. The third-order valence-electron chi connectivity index (χ3n) is 4.02. The van der Waals surface area contributed by atoms with Crippen LogP contribution in [0.1, 0.15) is 53.9 Å². The molecule has 0 aliphatic carbocycles. The van der Waals surface area contributed by atoms with E-state index in [4.69, 9.17) is 4.52 Å². The fourth-order valence-electron chi connectivity index (χ4n) is 2.65. The molecular weight excluding hydrogens is 310 g/mol. The van der Waals surface area contributed by atoms with Crippen LogP contribution in [0.5, 0.6) is 0 Å². The molecule has 0 N–H and O–H groups in total. The van der Waals surface area contributed by atoms with Gasteiger partial charge in [0.15, 0.2) is 0 Å². The van der Waals surface area contributed by atoms with Gasteiger partial charge in [-0.2, -0.15) is 5.10 Å². The predicted molar refractivity (Wildman–Crippen MR) is 85.1 cm³/mol. The molecule has 0 atom stereocenters. The minimum absolute atomic E-state index is 0.120. The second-order valence-corrected chi connectivity index (χ2v) is 6.88. The number of carbonyl (C=O) groups excluding carboxylic acids is 2. The molecule has 128 valence electrons. The monoisotopic (exact) mass is 331 g/mol. The molecule has 0 spiro atoms. The lowest BCUT2D eigenvalue weighted by atomic mass is 9.92. The molecule has 3 heterocycles. The minimum Gasteiger partial charge on any atom is -0.351 e. The smallest absolute Gasteiger partial charge is 0.311 e. The molecule has 1 aliphatic heterocycles. The third kappa shape index (κ3) is 2.79. The van der Waals surface area contributed by atoms with Crippen LogP contribution >= 0.6 is 0 Å². The molecule has 8 nitrogen and oxygen atoms in total. The molecule has 2 amide bonds. The summed E-state index contributed by atoms with van der Waals surface area (Å²) in [6, 6.07) is 3.28. The number of hydrogen-bond donors (Lipinski definition) is 0. The second kappa shape index (κ2) is 5.77. The summed E-state index contributed by atoms with van der Waals surface area (Å²) in [5.74, 6) is -0.488. The average Bonchev–Trinajstić information content (AvgIpc) is 3.25. The Morgan fingerprint density at radius 1 is 1.17 bits per heavy atom. The van der Waals surface area contributed by atoms with Gasteiger partial charge in [-0.25, -0.2) is 10.0 Å². The van der Waals surface area contributed by atoms with Gasteiger partial charge in [0.1, 0.15) is 5.69 Å². The normalized spacial score (nSPS) is 15.2. The van der Waals surface area contributed by atoms with Gasteiger partial charge >= 0.3 is 5.91 Å². The Morgan fingerprint density at radius 3 is 2.38 bits per heavy atom. The summed E-state index contributed by atoms with van der Waals surface area (Å²) in [6.07, 6.45) is 2.13. The van der Waals surface area contributed by atoms with Crippen molar-refractivity contribution in [2.75, 3.05) is 13.1 Å². The lowest BCUT2D eigenvalue weighted by Gasteiger charge is -2.26. The number of carbonyl (C=O) groups is 2. The fraction of sp³-hybridized carbons (Fsp3) is 0.500. The highest BCUT2D eigenvalue weighted by atomic mass is 16.5. The SMILES string of the molecule is Cn1nc(C(C)(C)C)cc1C(=O)N1CCCN1C(=O)c1ccno1. The molecule has 0 bridgehead atoms. The highest BCUT2D eigenvalue weighted by molar-refractivity contribution is 5.97. The first-order valence-corrected chi connectivity index (χ1v) is 7.88. The Bertz CT molecular complexity index is 757. The fourth-order valence-corrected chi connectivity index (χ4v) is 2.65. The molecule has 3 rings (SSSR count). The number of rotatable bonds is 2. The lowest BCUT2D eigenvalue weighted by Crippen LogP contribution is -2.45. The molecular formula is C16H21N5O3. The summed E-state index contributed by atoms with van der Waals surface area (Å²) >= 11 is 0. The van der Waals surface area contributed by atoms with Crippen LogP contribution < -0.4 is 0 Å². The molecule has 1 fully saturated rings. The van der Waals surface area contributed by atoms with Crippen molar-refractivity contribution in [1.29, 1.82) is 0 Å². The van der Waals surface area contributed by atoms with Gasteiger partial charge in [0.2, 0.25) is 5.76 Å². The van der Waals surface area contributed by atoms with Crippen LogP contribution in [0, 0.1) is 0 Å². The summed E-state index contributed by atoms with van der Waals surface area (Å²) in [4.78, 5) is 25.4. The molecule has 24 heavy (non-hydrogen) atoms. The molecule has 0 radical (unpaired) electrons. The van der Waals surface area contributed by atoms with Gasteiger partial charge in [-0.15, -0.1) is 0 Å². The van der Waals surface area contributed by atoms with Crippen molar-refractivity contribution in [1.82, 2.24) is 25.0 Å². The Hall–Kier alpha value is -2.64. The molecule has 0 unspecified atom stereocenters. The van der Waals surface area contributed by atoms with Crippen molar-refractivity contribution in [2.24, 2.45) is 7.05 Å². The lowest BCUT2D eigenvalue weighted by molar-refractivity contribution is 0.0155. The van der Waals surface area contributed by atoms with Gasteiger partial charge in [-0.1, -0.05) is 25.9 Å². The van der Waals surface area contributed by atoms with Crippen LogP contribution in [-0.4, -0.2) is 49.9 Å². The predicted octanol–water partition coefficient (Wildman–Crippen LogP) is 1.61. The zero-order valence-corrected chi connectivity index (χ0v) is 14.3. The highest BCUT2D eigenvalue weighted by Crippen LogP contribution is 2.23. The Labute approximate surface area is 140 Å². The van der Waals surface area contributed by atoms with Crippen LogP contribution in [0.4, 0.5) is 0 Å². The maximum absolute atomic E-state index is 12.9. The van der Waals surface area contributed by atoms with Crippen LogP contribution in [0.3, 0.4) is 0 Å². The van der Waals surface area contributed by atoms with Gasteiger partial charge in [-0.05, 0) is 12.5 Å². The zero-order chi connectivity index (χ0) is 17.5. The second-order valence-electron chi connectivity index (χ2n) is 6.88. The quantitative estimate of drug-likeness (QED) is 0.834. The first-order valence-electron chi connectivity index (χ1n) is 7.88. The van der Waals surface area contributed by atoms with Gasteiger partial charge in [0, 0.05) is 31.6 Å². The Morgan fingerprint density at radius 2 is 1.83 bits per heavy atom. The van der Waals surface area contributed by atoms with E-state index in [1.54, 1.807) is 17.8 Å². The standard InChI is InChI=1S/C16H21N5O3/c1-16(2,3)13-10-11(19(4)18-13)14(22)20-8-5-9-21(20)15(23)12-6-7-17-24-12/h6-7,10H,5,8-9H2,1-4H3. The summed E-state index contributed by atoms with van der Waals surface area (Å²) in [6.45, 7) is 7.07. The molecule has 8 heteroatoms. The van der Waals surface area contributed by atoms with Crippen molar-refractivity contribution in [2.45, 2.75) is 32.6 Å². The maximum Gasteiger partial charge on any atom is 0.311 e. The number of aromatic nitrogens is 3. The number of hydrazine groups is 1. The molecule has 2 aromatic rings. The van der Waals surface area contributed by atoms with Crippen molar-refractivity contribution >= 4 is 11.8 Å². The van der Waals surface area contributed by atoms with E-state index in [-0.39, 0.29) is 23.0 Å². The van der Waals surface area contributed by atoms with E-state index in [0.29, 0.717) is 18.8 Å². The first-order chi connectivity index (χ1) is 11.3.